The summed E-state index contributed by atoms with van der Waals surface area (Å²) >= 11 is 0. The van der Waals surface area contributed by atoms with Gasteiger partial charge in [-0.25, -0.2) is 8.42 Å². The molecule has 0 radical (unpaired) electrons. The van der Waals surface area contributed by atoms with Gasteiger partial charge in [0.1, 0.15) is 12.6 Å². The van der Waals surface area contributed by atoms with Crippen LogP contribution in [0.5, 0.6) is 0 Å². The summed E-state index contributed by atoms with van der Waals surface area (Å²) in [6.07, 6.45) is 0.383. The predicted molar refractivity (Wildman–Crippen MR) is 142 cm³/mol. The topological polar surface area (TPSA) is 86.8 Å². The summed E-state index contributed by atoms with van der Waals surface area (Å²) in [7, 11) is -4.04. The van der Waals surface area contributed by atoms with Crippen LogP contribution in [-0.2, 0) is 26.2 Å². The molecule has 3 aromatic rings. The number of nitrogens with one attached hydrogen (secondary N) is 1. The van der Waals surface area contributed by atoms with Crippen LogP contribution in [0.1, 0.15) is 32.8 Å². The summed E-state index contributed by atoms with van der Waals surface area (Å²) in [5, 5.41) is 2.89. The van der Waals surface area contributed by atoms with E-state index in [1.54, 1.807) is 48.5 Å². The molecule has 0 saturated heterocycles. The van der Waals surface area contributed by atoms with Crippen molar-refractivity contribution >= 4 is 27.5 Å². The van der Waals surface area contributed by atoms with Crippen LogP contribution in [0.2, 0.25) is 0 Å². The number of amides is 2. The van der Waals surface area contributed by atoms with Gasteiger partial charge in [-0.1, -0.05) is 73.7 Å². The van der Waals surface area contributed by atoms with E-state index in [1.807, 2.05) is 51.1 Å². The van der Waals surface area contributed by atoms with Gasteiger partial charge >= 0.3 is 0 Å². The summed E-state index contributed by atoms with van der Waals surface area (Å²) < 4.78 is 28.4. The van der Waals surface area contributed by atoms with E-state index in [4.69, 9.17) is 0 Å². The van der Waals surface area contributed by atoms with Gasteiger partial charge in [0.2, 0.25) is 11.8 Å². The second kappa shape index (κ2) is 12.4. The van der Waals surface area contributed by atoms with Crippen LogP contribution in [-0.4, -0.2) is 43.8 Å². The first-order valence-electron chi connectivity index (χ1n) is 12.0. The Morgan fingerprint density at radius 3 is 1.89 bits per heavy atom. The molecule has 1 atom stereocenters. The third kappa shape index (κ3) is 6.73. The lowest BCUT2D eigenvalue weighted by Crippen LogP contribution is -2.53. The molecule has 0 spiro atoms. The molecule has 0 bridgehead atoms. The number of anilines is 1. The van der Waals surface area contributed by atoms with Gasteiger partial charge in [-0.05, 0) is 50.1 Å². The maximum Gasteiger partial charge on any atom is 0.264 e. The van der Waals surface area contributed by atoms with Crippen LogP contribution in [0.25, 0.3) is 0 Å². The molecule has 0 aliphatic rings. The Bertz CT molecular complexity index is 1230. The van der Waals surface area contributed by atoms with Gasteiger partial charge in [0.25, 0.3) is 10.0 Å². The molecule has 0 aliphatic carbocycles. The first kappa shape index (κ1) is 26.9. The average molecular weight is 508 g/mol. The van der Waals surface area contributed by atoms with E-state index in [-0.39, 0.29) is 23.4 Å². The second-order valence-corrected chi connectivity index (χ2v) is 10.6. The minimum Gasteiger partial charge on any atom is -0.352 e. The summed E-state index contributed by atoms with van der Waals surface area (Å²) in [5.41, 5.74) is 1.22. The largest absolute Gasteiger partial charge is 0.352 e. The van der Waals surface area contributed by atoms with Crippen LogP contribution >= 0.6 is 0 Å². The quantitative estimate of drug-likeness (QED) is 0.421. The van der Waals surface area contributed by atoms with Gasteiger partial charge in [0.15, 0.2) is 0 Å². The van der Waals surface area contributed by atoms with Gasteiger partial charge in [0.05, 0.1) is 10.6 Å². The third-order valence-corrected chi connectivity index (χ3v) is 7.45. The second-order valence-electron chi connectivity index (χ2n) is 8.75. The first-order chi connectivity index (χ1) is 17.2. The first-order valence-corrected chi connectivity index (χ1v) is 13.4. The molecule has 1 unspecified atom stereocenters. The zero-order valence-corrected chi connectivity index (χ0v) is 21.7. The lowest BCUT2D eigenvalue weighted by Gasteiger charge is -2.33. The number of nitrogens with zero attached hydrogens (tertiary/aromatic N) is 2. The molecule has 1 N–H and O–H groups in total. The van der Waals surface area contributed by atoms with Crippen molar-refractivity contribution in [1.29, 1.82) is 0 Å². The van der Waals surface area contributed by atoms with E-state index in [0.29, 0.717) is 12.1 Å². The Labute approximate surface area is 213 Å². The maximum atomic E-state index is 13.8. The normalized spacial score (nSPS) is 12.1. The Morgan fingerprint density at radius 1 is 0.833 bits per heavy atom. The molecule has 0 aliphatic heterocycles. The lowest BCUT2D eigenvalue weighted by atomic mass is 10.1. The number of sulfonamides is 1. The zero-order chi connectivity index (χ0) is 26.1. The number of carbonyl (C=O) groups is 2. The molecule has 190 valence electrons. The predicted octanol–water partition coefficient (Wildman–Crippen LogP) is 4.21. The SMILES string of the molecule is CCC(C(=O)NC(C)C)N(Cc1ccccc1)C(=O)CN(c1ccccc1)S(=O)(=O)c1ccccc1. The van der Waals surface area contributed by atoms with Crippen molar-refractivity contribution in [2.45, 2.75) is 50.7 Å². The summed E-state index contributed by atoms with van der Waals surface area (Å²) in [4.78, 5) is 28.5. The number of hydrogen-bond acceptors (Lipinski definition) is 4. The van der Waals surface area contributed by atoms with Crippen molar-refractivity contribution in [3.05, 3.63) is 96.6 Å². The van der Waals surface area contributed by atoms with E-state index in [0.717, 1.165) is 9.87 Å². The zero-order valence-electron chi connectivity index (χ0n) is 20.9. The van der Waals surface area contributed by atoms with Crippen LogP contribution in [0.15, 0.2) is 95.9 Å². The van der Waals surface area contributed by atoms with Gasteiger partial charge in [0, 0.05) is 12.6 Å². The smallest absolute Gasteiger partial charge is 0.264 e. The highest BCUT2D eigenvalue weighted by Crippen LogP contribution is 2.24. The molecular formula is C28H33N3O4S. The van der Waals surface area contributed by atoms with Crippen LogP contribution in [0.3, 0.4) is 0 Å². The molecule has 0 aromatic heterocycles. The molecule has 7 nitrogen and oxygen atoms in total. The maximum absolute atomic E-state index is 13.8. The van der Waals surface area contributed by atoms with Gasteiger partial charge < -0.3 is 10.2 Å². The highest BCUT2D eigenvalue weighted by Gasteiger charge is 2.33. The van der Waals surface area contributed by atoms with Crippen molar-refractivity contribution in [3.63, 3.8) is 0 Å². The summed E-state index contributed by atoms with van der Waals surface area (Å²) in [6.45, 7) is 5.29. The average Bonchev–Trinajstić information content (AvgIpc) is 2.88. The van der Waals surface area contributed by atoms with Crippen molar-refractivity contribution in [2.75, 3.05) is 10.8 Å². The highest BCUT2D eigenvalue weighted by atomic mass is 32.2. The summed E-state index contributed by atoms with van der Waals surface area (Å²) in [5.74, 6) is -0.734. The standard InChI is InChI=1S/C28H33N3O4S/c1-4-26(28(33)29-22(2)3)30(20-23-14-8-5-9-15-23)27(32)21-31(24-16-10-6-11-17-24)36(34,35)25-18-12-7-13-19-25/h5-19,22,26H,4,20-21H2,1-3H3,(H,29,33). The molecule has 8 heteroatoms. The van der Waals surface area contributed by atoms with Gasteiger partial charge in [-0.15, -0.1) is 0 Å². The van der Waals surface area contributed by atoms with E-state index in [9.17, 15) is 18.0 Å². The lowest BCUT2D eigenvalue weighted by molar-refractivity contribution is -0.140. The fraction of sp³-hybridized carbons (Fsp3) is 0.286. The van der Waals surface area contributed by atoms with Crippen LogP contribution < -0.4 is 9.62 Å². The molecule has 0 heterocycles. The molecule has 3 aromatic carbocycles. The van der Waals surface area contributed by atoms with Crippen LogP contribution in [0.4, 0.5) is 5.69 Å². The van der Waals surface area contributed by atoms with Gasteiger partial charge in [-0.3, -0.25) is 13.9 Å². The monoisotopic (exact) mass is 507 g/mol. The van der Waals surface area contributed by atoms with Crippen molar-refractivity contribution in [3.8, 4) is 0 Å². The number of rotatable bonds is 11. The summed E-state index contributed by atoms with van der Waals surface area (Å²) in [6, 6.07) is 25.1. The highest BCUT2D eigenvalue weighted by molar-refractivity contribution is 7.92. The number of hydrogen-bond donors (Lipinski definition) is 1. The van der Waals surface area contributed by atoms with Crippen LogP contribution in [0, 0.1) is 0 Å². The Kier molecular flexibility index (Phi) is 9.25. The molecule has 0 fully saturated rings. The number of benzene rings is 3. The number of carbonyl (C=O) groups excluding carboxylic acids is 2. The fourth-order valence-electron chi connectivity index (χ4n) is 3.92. The van der Waals surface area contributed by atoms with E-state index >= 15 is 0 Å². The minimum atomic E-state index is -4.04. The molecule has 2 amide bonds. The van der Waals surface area contributed by atoms with Gasteiger partial charge in [-0.2, -0.15) is 0 Å². The third-order valence-electron chi connectivity index (χ3n) is 5.67. The Morgan fingerprint density at radius 2 is 1.36 bits per heavy atom. The van der Waals surface area contributed by atoms with E-state index in [1.165, 1.54) is 17.0 Å². The minimum absolute atomic E-state index is 0.0841. The van der Waals surface area contributed by atoms with E-state index in [2.05, 4.69) is 5.32 Å². The molecular weight excluding hydrogens is 474 g/mol. The van der Waals surface area contributed by atoms with E-state index < -0.39 is 28.5 Å². The van der Waals surface area contributed by atoms with Crippen molar-refractivity contribution < 1.29 is 18.0 Å². The molecule has 3 rings (SSSR count). The molecule has 36 heavy (non-hydrogen) atoms. The fourth-order valence-corrected chi connectivity index (χ4v) is 5.36. The van der Waals surface area contributed by atoms with Crippen molar-refractivity contribution in [1.82, 2.24) is 10.2 Å². The molecule has 0 saturated carbocycles. The Balaban J connectivity index is 2.01. The Hall–Kier alpha value is -3.65. The number of para-hydroxylation sites is 1. The van der Waals surface area contributed by atoms with Crippen molar-refractivity contribution in [2.24, 2.45) is 0 Å².